The molecule has 0 radical (unpaired) electrons. The molecule has 0 aliphatic rings. The zero-order valence-corrected chi connectivity index (χ0v) is 15.4. The van der Waals surface area contributed by atoms with Crippen molar-refractivity contribution in [2.45, 2.75) is 13.5 Å². The summed E-state index contributed by atoms with van der Waals surface area (Å²) in [5, 5.41) is 4.92. The van der Waals surface area contributed by atoms with Crippen LogP contribution in [-0.4, -0.2) is 15.9 Å². The lowest BCUT2D eigenvalue weighted by atomic mass is 10.2. The molecule has 28 heavy (non-hydrogen) atoms. The first-order chi connectivity index (χ1) is 13.7. The molecule has 0 saturated carbocycles. The van der Waals surface area contributed by atoms with E-state index in [1.807, 2.05) is 72.8 Å². The Balaban J connectivity index is 1.64. The highest BCUT2D eigenvalue weighted by molar-refractivity contribution is 5.83. The molecule has 138 valence electrons. The number of ether oxygens (including phenoxy) is 1. The van der Waals surface area contributed by atoms with E-state index >= 15 is 0 Å². The summed E-state index contributed by atoms with van der Waals surface area (Å²) in [6, 6.07) is 24.8. The molecule has 1 aromatic heterocycles. The van der Waals surface area contributed by atoms with Gasteiger partial charge in [-0.15, -0.1) is 0 Å². The molecule has 0 aliphatic heterocycles. The van der Waals surface area contributed by atoms with E-state index in [1.165, 1.54) is 4.68 Å². The smallest absolute Gasteiger partial charge is 0.282 e. The number of hydrogen-bond donors (Lipinski definition) is 0. The van der Waals surface area contributed by atoms with Gasteiger partial charge in [-0.3, -0.25) is 4.79 Å². The lowest BCUT2D eigenvalue weighted by Gasteiger charge is -2.09. The first-order valence-electron chi connectivity index (χ1n) is 9.01. The van der Waals surface area contributed by atoms with Crippen molar-refractivity contribution in [3.05, 3.63) is 106 Å². The molecule has 0 aliphatic carbocycles. The lowest BCUT2D eigenvalue weighted by molar-refractivity contribution is 0.306. The van der Waals surface area contributed by atoms with Crippen molar-refractivity contribution < 1.29 is 4.74 Å². The van der Waals surface area contributed by atoms with E-state index in [-0.39, 0.29) is 5.56 Å². The second-order valence-electron chi connectivity index (χ2n) is 6.35. The van der Waals surface area contributed by atoms with Gasteiger partial charge in [0.1, 0.15) is 18.2 Å². The predicted molar refractivity (Wildman–Crippen MR) is 111 cm³/mol. The second kappa shape index (κ2) is 7.88. The molecular formula is C23H19N3O2. The lowest BCUT2D eigenvalue weighted by Crippen LogP contribution is -2.20. The van der Waals surface area contributed by atoms with Crippen molar-refractivity contribution in [1.82, 2.24) is 9.66 Å². The molecule has 0 spiro atoms. The van der Waals surface area contributed by atoms with Gasteiger partial charge in [-0.1, -0.05) is 54.6 Å². The van der Waals surface area contributed by atoms with E-state index in [4.69, 9.17) is 4.74 Å². The van der Waals surface area contributed by atoms with Crippen LogP contribution in [-0.2, 0) is 6.61 Å². The Morgan fingerprint density at radius 2 is 1.68 bits per heavy atom. The molecule has 0 amide bonds. The normalized spacial score (nSPS) is 11.2. The molecule has 3 aromatic carbocycles. The van der Waals surface area contributed by atoms with Crippen molar-refractivity contribution in [1.29, 1.82) is 0 Å². The van der Waals surface area contributed by atoms with Gasteiger partial charge in [-0.25, -0.2) is 4.98 Å². The minimum atomic E-state index is -0.193. The summed E-state index contributed by atoms with van der Waals surface area (Å²) in [5.74, 6) is 1.23. The van der Waals surface area contributed by atoms with E-state index in [0.29, 0.717) is 29.1 Å². The quantitative estimate of drug-likeness (QED) is 0.496. The van der Waals surface area contributed by atoms with Crippen molar-refractivity contribution in [2.75, 3.05) is 0 Å². The summed E-state index contributed by atoms with van der Waals surface area (Å²) in [4.78, 5) is 17.2. The Kier molecular flexibility index (Phi) is 4.97. The highest BCUT2D eigenvalue weighted by atomic mass is 16.5. The minimum absolute atomic E-state index is 0.193. The maximum atomic E-state index is 12.7. The summed E-state index contributed by atoms with van der Waals surface area (Å²) in [6.45, 7) is 2.23. The average Bonchev–Trinajstić information content (AvgIpc) is 2.73. The van der Waals surface area contributed by atoms with Crippen LogP contribution in [0.5, 0.6) is 5.75 Å². The van der Waals surface area contributed by atoms with Crippen LogP contribution in [0, 0.1) is 6.92 Å². The van der Waals surface area contributed by atoms with Crippen molar-refractivity contribution in [3.8, 4) is 5.75 Å². The van der Waals surface area contributed by atoms with E-state index in [1.54, 1.807) is 19.2 Å². The summed E-state index contributed by atoms with van der Waals surface area (Å²) in [7, 11) is 0. The summed E-state index contributed by atoms with van der Waals surface area (Å²) in [6.07, 6.45) is 1.63. The highest BCUT2D eigenvalue weighted by Crippen LogP contribution is 2.18. The van der Waals surface area contributed by atoms with Gasteiger partial charge in [-0.2, -0.15) is 9.78 Å². The van der Waals surface area contributed by atoms with Crippen LogP contribution in [0.25, 0.3) is 10.9 Å². The van der Waals surface area contributed by atoms with Gasteiger partial charge in [-0.05, 0) is 36.8 Å². The van der Waals surface area contributed by atoms with Crippen LogP contribution >= 0.6 is 0 Å². The Hall–Kier alpha value is -3.73. The summed E-state index contributed by atoms with van der Waals surface area (Å²) in [5.41, 5.74) is 2.35. The van der Waals surface area contributed by atoms with Crippen LogP contribution in [0.15, 0.2) is 88.8 Å². The molecule has 0 atom stereocenters. The topological polar surface area (TPSA) is 56.5 Å². The van der Waals surface area contributed by atoms with Crippen molar-refractivity contribution in [3.63, 3.8) is 0 Å². The molecule has 4 aromatic rings. The third-order valence-electron chi connectivity index (χ3n) is 4.38. The molecule has 5 nitrogen and oxygen atoms in total. The van der Waals surface area contributed by atoms with Crippen molar-refractivity contribution in [2.24, 2.45) is 5.10 Å². The van der Waals surface area contributed by atoms with Crippen LogP contribution in [0.3, 0.4) is 0 Å². The third kappa shape index (κ3) is 3.69. The van der Waals surface area contributed by atoms with E-state index < -0.39 is 0 Å². The maximum Gasteiger partial charge on any atom is 0.282 e. The monoisotopic (exact) mass is 369 g/mol. The highest BCUT2D eigenvalue weighted by Gasteiger charge is 2.07. The van der Waals surface area contributed by atoms with Gasteiger partial charge in [0.25, 0.3) is 5.56 Å². The van der Waals surface area contributed by atoms with Gasteiger partial charge < -0.3 is 4.74 Å². The number of rotatable bonds is 5. The largest absolute Gasteiger partial charge is 0.488 e. The predicted octanol–water partition coefficient (Wildman–Crippen LogP) is 4.17. The van der Waals surface area contributed by atoms with Gasteiger partial charge in [0.15, 0.2) is 0 Å². The van der Waals surface area contributed by atoms with Crippen LogP contribution in [0.4, 0.5) is 0 Å². The van der Waals surface area contributed by atoms with Gasteiger partial charge in [0, 0.05) is 5.56 Å². The van der Waals surface area contributed by atoms with Gasteiger partial charge in [0.2, 0.25) is 0 Å². The number of aryl methyl sites for hydroxylation is 1. The molecule has 0 fully saturated rings. The molecule has 0 saturated heterocycles. The number of benzene rings is 3. The molecule has 4 rings (SSSR count). The SMILES string of the molecule is Cc1nc2ccccc2c(=O)n1/N=C\c1ccccc1OCc1ccccc1. The third-order valence-corrected chi connectivity index (χ3v) is 4.38. The molecular weight excluding hydrogens is 350 g/mol. The fourth-order valence-electron chi connectivity index (χ4n) is 2.94. The van der Waals surface area contributed by atoms with E-state index in [2.05, 4.69) is 10.1 Å². The summed E-state index contributed by atoms with van der Waals surface area (Å²) >= 11 is 0. The zero-order valence-electron chi connectivity index (χ0n) is 15.4. The molecule has 0 bridgehead atoms. The fraction of sp³-hybridized carbons (Fsp3) is 0.0870. The zero-order chi connectivity index (χ0) is 19.3. The molecule has 5 heteroatoms. The Morgan fingerprint density at radius 1 is 0.964 bits per heavy atom. The number of fused-ring (bicyclic) bond motifs is 1. The number of aromatic nitrogens is 2. The van der Waals surface area contributed by atoms with Gasteiger partial charge in [0.05, 0.1) is 17.1 Å². The molecule has 0 unspecified atom stereocenters. The van der Waals surface area contributed by atoms with Gasteiger partial charge >= 0.3 is 0 Å². The Labute approximate surface area is 162 Å². The first kappa shape index (κ1) is 17.7. The maximum absolute atomic E-state index is 12.7. The number of para-hydroxylation sites is 2. The van der Waals surface area contributed by atoms with E-state index in [9.17, 15) is 4.79 Å². The van der Waals surface area contributed by atoms with Crippen LogP contribution in [0.1, 0.15) is 17.0 Å². The number of hydrogen-bond acceptors (Lipinski definition) is 4. The van der Waals surface area contributed by atoms with Crippen LogP contribution in [0.2, 0.25) is 0 Å². The minimum Gasteiger partial charge on any atom is -0.488 e. The average molecular weight is 369 g/mol. The summed E-state index contributed by atoms with van der Waals surface area (Å²) < 4.78 is 7.26. The number of nitrogens with zero attached hydrogens (tertiary/aromatic N) is 3. The standard InChI is InChI=1S/C23H19N3O2/c1-17-25-21-13-7-6-12-20(21)23(27)26(17)24-15-19-11-5-8-14-22(19)28-16-18-9-3-2-4-10-18/h2-15H,16H2,1H3/b24-15-. The Bertz CT molecular complexity index is 1200. The second-order valence-corrected chi connectivity index (χ2v) is 6.35. The molecule has 0 N–H and O–H groups in total. The van der Waals surface area contributed by atoms with Crippen LogP contribution < -0.4 is 10.3 Å². The van der Waals surface area contributed by atoms with E-state index in [0.717, 1.165) is 11.1 Å². The fourth-order valence-corrected chi connectivity index (χ4v) is 2.94. The molecule has 1 heterocycles. The first-order valence-corrected chi connectivity index (χ1v) is 9.01. The van der Waals surface area contributed by atoms with Crippen molar-refractivity contribution >= 4 is 17.1 Å². The Morgan fingerprint density at radius 3 is 2.54 bits per heavy atom.